The van der Waals surface area contributed by atoms with E-state index in [4.69, 9.17) is 0 Å². The minimum Gasteiger partial charge on any atom is -0.351 e. The first-order chi connectivity index (χ1) is 8.73. The van der Waals surface area contributed by atoms with Gasteiger partial charge in [0.2, 0.25) is 5.91 Å². The van der Waals surface area contributed by atoms with Gasteiger partial charge in [-0.05, 0) is 56.9 Å². The van der Waals surface area contributed by atoms with E-state index in [1.165, 1.54) is 25.7 Å². The summed E-state index contributed by atoms with van der Waals surface area (Å²) in [5.74, 6) is 1.97. The van der Waals surface area contributed by atoms with Gasteiger partial charge in [-0.1, -0.05) is 19.8 Å². The molecule has 2 bridgehead atoms. The lowest BCUT2D eigenvalue weighted by Gasteiger charge is -2.32. The summed E-state index contributed by atoms with van der Waals surface area (Å²) in [6.45, 7) is 3.18. The zero-order valence-corrected chi connectivity index (χ0v) is 11.5. The van der Waals surface area contributed by atoms with Crippen molar-refractivity contribution in [2.45, 2.75) is 69.9 Å². The van der Waals surface area contributed by atoms with Gasteiger partial charge in [0.1, 0.15) is 0 Å². The molecule has 0 aromatic rings. The van der Waals surface area contributed by atoms with E-state index in [1.54, 1.807) is 0 Å². The maximum absolute atomic E-state index is 12.6. The Morgan fingerprint density at radius 1 is 1.39 bits per heavy atom. The lowest BCUT2D eigenvalue weighted by molar-refractivity contribution is -0.128. The first-order valence-electron chi connectivity index (χ1n) is 7.79. The third-order valence-electron chi connectivity index (χ3n) is 5.41. The summed E-state index contributed by atoms with van der Waals surface area (Å²) in [5, 5.41) is 6.85. The van der Waals surface area contributed by atoms with Crippen molar-refractivity contribution in [3.05, 3.63) is 0 Å². The van der Waals surface area contributed by atoms with Crippen LogP contribution in [0, 0.1) is 11.8 Å². The Balaban J connectivity index is 1.63. The number of rotatable bonds is 4. The van der Waals surface area contributed by atoms with Gasteiger partial charge in [0.05, 0.1) is 5.54 Å². The van der Waals surface area contributed by atoms with Crippen LogP contribution in [0.5, 0.6) is 0 Å². The van der Waals surface area contributed by atoms with Crippen molar-refractivity contribution < 1.29 is 4.79 Å². The van der Waals surface area contributed by atoms with Crippen LogP contribution in [0.15, 0.2) is 0 Å². The Bertz CT molecular complexity index is 322. The second kappa shape index (κ2) is 4.84. The zero-order chi connectivity index (χ0) is 12.6. The fraction of sp³-hybridized carbons (Fsp3) is 0.933. The summed E-state index contributed by atoms with van der Waals surface area (Å²) in [6, 6.07) is 0.479. The van der Waals surface area contributed by atoms with Crippen molar-refractivity contribution in [2.75, 3.05) is 6.54 Å². The van der Waals surface area contributed by atoms with Crippen LogP contribution in [0.3, 0.4) is 0 Å². The molecule has 2 aliphatic carbocycles. The quantitative estimate of drug-likeness (QED) is 0.803. The highest BCUT2D eigenvalue weighted by Gasteiger charge is 2.45. The van der Waals surface area contributed by atoms with Crippen molar-refractivity contribution in [3.8, 4) is 0 Å². The van der Waals surface area contributed by atoms with Crippen LogP contribution in [0.1, 0.15) is 58.3 Å². The van der Waals surface area contributed by atoms with Gasteiger partial charge in [-0.3, -0.25) is 4.79 Å². The van der Waals surface area contributed by atoms with Crippen LogP contribution in [0.25, 0.3) is 0 Å². The van der Waals surface area contributed by atoms with E-state index in [0.29, 0.717) is 11.9 Å². The van der Waals surface area contributed by atoms with Crippen molar-refractivity contribution >= 4 is 5.91 Å². The van der Waals surface area contributed by atoms with Gasteiger partial charge in [0, 0.05) is 6.04 Å². The number of fused-ring (bicyclic) bond motifs is 2. The second-order valence-electron chi connectivity index (χ2n) is 6.62. The third-order valence-corrected chi connectivity index (χ3v) is 5.41. The molecule has 102 valence electrons. The van der Waals surface area contributed by atoms with Gasteiger partial charge in [-0.25, -0.2) is 0 Å². The van der Waals surface area contributed by atoms with Gasteiger partial charge in [-0.2, -0.15) is 0 Å². The van der Waals surface area contributed by atoms with Crippen LogP contribution in [-0.2, 0) is 4.79 Å². The molecule has 2 N–H and O–H groups in total. The van der Waals surface area contributed by atoms with Gasteiger partial charge in [-0.15, -0.1) is 0 Å². The number of nitrogens with one attached hydrogen (secondary N) is 2. The molecule has 0 radical (unpaired) electrons. The van der Waals surface area contributed by atoms with E-state index in [2.05, 4.69) is 17.6 Å². The molecule has 1 aliphatic heterocycles. The molecule has 3 nitrogen and oxygen atoms in total. The van der Waals surface area contributed by atoms with Gasteiger partial charge < -0.3 is 10.6 Å². The monoisotopic (exact) mass is 250 g/mol. The average Bonchev–Trinajstić information content (AvgIpc) is 3.04. The molecule has 4 atom stereocenters. The van der Waals surface area contributed by atoms with Crippen molar-refractivity contribution in [3.63, 3.8) is 0 Å². The van der Waals surface area contributed by atoms with Crippen molar-refractivity contribution in [2.24, 2.45) is 11.8 Å². The molecule has 2 saturated carbocycles. The first-order valence-corrected chi connectivity index (χ1v) is 7.79. The van der Waals surface area contributed by atoms with Crippen LogP contribution in [0.2, 0.25) is 0 Å². The predicted molar refractivity (Wildman–Crippen MR) is 72.3 cm³/mol. The molecule has 3 heteroatoms. The number of hydrogen-bond donors (Lipinski definition) is 2. The molecule has 0 spiro atoms. The Morgan fingerprint density at radius 2 is 2.28 bits per heavy atom. The highest BCUT2D eigenvalue weighted by atomic mass is 16.2. The lowest BCUT2D eigenvalue weighted by Crippen LogP contribution is -2.56. The fourth-order valence-electron chi connectivity index (χ4n) is 4.48. The van der Waals surface area contributed by atoms with Gasteiger partial charge in [0.25, 0.3) is 0 Å². The molecule has 0 aromatic heterocycles. The summed E-state index contributed by atoms with van der Waals surface area (Å²) in [7, 11) is 0. The Kier molecular flexibility index (Phi) is 3.35. The Hall–Kier alpha value is -0.570. The van der Waals surface area contributed by atoms with E-state index in [9.17, 15) is 4.79 Å². The summed E-state index contributed by atoms with van der Waals surface area (Å²) < 4.78 is 0. The molecule has 4 unspecified atom stereocenters. The van der Waals surface area contributed by atoms with E-state index >= 15 is 0 Å². The molecule has 1 heterocycles. The van der Waals surface area contributed by atoms with Crippen LogP contribution < -0.4 is 10.6 Å². The zero-order valence-electron chi connectivity index (χ0n) is 11.5. The molecular weight excluding hydrogens is 224 g/mol. The van der Waals surface area contributed by atoms with Gasteiger partial charge in [0.15, 0.2) is 0 Å². The highest BCUT2D eigenvalue weighted by Crippen LogP contribution is 2.44. The van der Waals surface area contributed by atoms with Crippen LogP contribution in [0.4, 0.5) is 0 Å². The Labute approximate surface area is 110 Å². The summed E-state index contributed by atoms with van der Waals surface area (Å²) >= 11 is 0. The van der Waals surface area contributed by atoms with E-state index in [1.807, 2.05) is 0 Å². The van der Waals surface area contributed by atoms with Crippen molar-refractivity contribution in [1.29, 1.82) is 0 Å². The standard InChI is InChI=1S/C15H26N2O/c1-2-6-15(7-3-8-16-15)14(18)17-13-10-11-4-5-12(13)9-11/h11-13,16H,2-10H2,1H3,(H,17,18). The largest absolute Gasteiger partial charge is 0.351 e. The Morgan fingerprint density at radius 3 is 2.83 bits per heavy atom. The third kappa shape index (κ3) is 2.07. The normalized spacial score (nSPS) is 42.4. The minimum absolute atomic E-state index is 0.240. The highest BCUT2D eigenvalue weighted by molar-refractivity contribution is 5.87. The summed E-state index contributed by atoms with van der Waals surface area (Å²) in [4.78, 5) is 12.6. The fourth-order valence-corrected chi connectivity index (χ4v) is 4.48. The number of hydrogen-bond acceptors (Lipinski definition) is 2. The SMILES string of the molecule is CCCC1(C(=O)NC2CC3CCC2C3)CCCN1. The van der Waals surface area contributed by atoms with E-state index < -0.39 is 0 Å². The molecular formula is C15H26N2O. The maximum Gasteiger partial charge on any atom is 0.240 e. The number of carbonyl (C=O) groups excluding carboxylic acids is 1. The molecule has 1 amide bonds. The number of carbonyl (C=O) groups is 1. The van der Waals surface area contributed by atoms with Crippen molar-refractivity contribution in [1.82, 2.24) is 10.6 Å². The molecule has 1 saturated heterocycles. The van der Waals surface area contributed by atoms with Gasteiger partial charge >= 0.3 is 0 Å². The molecule has 3 aliphatic rings. The first kappa shape index (κ1) is 12.5. The van der Waals surface area contributed by atoms with Crippen LogP contribution in [-0.4, -0.2) is 24.0 Å². The summed E-state index contributed by atoms with van der Waals surface area (Å²) in [5.41, 5.74) is -0.240. The topological polar surface area (TPSA) is 41.1 Å². The lowest BCUT2D eigenvalue weighted by atomic mass is 9.89. The molecule has 0 aromatic carbocycles. The molecule has 18 heavy (non-hydrogen) atoms. The van der Waals surface area contributed by atoms with E-state index in [-0.39, 0.29) is 5.54 Å². The predicted octanol–water partition coefficient (Wildman–Crippen LogP) is 2.21. The minimum atomic E-state index is -0.240. The van der Waals surface area contributed by atoms with Crippen LogP contribution >= 0.6 is 0 Å². The number of amides is 1. The second-order valence-corrected chi connectivity index (χ2v) is 6.62. The maximum atomic E-state index is 12.6. The molecule has 3 rings (SSSR count). The average molecular weight is 250 g/mol. The molecule has 3 fully saturated rings. The smallest absolute Gasteiger partial charge is 0.240 e. The van der Waals surface area contributed by atoms with E-state index in [0.717, 1.165) is 44.1 Å². The summed E-state index contributed by atoms with van der Waals surface area (Å²) in [6.07, 6.45) is 9.56.